The van der Waals surface area contributed by atoms with Crippen molar-refractivity contribution in [2.24, 2.45) is 0 Å². The normalized spacial score (nSPS) is 19.2. The van der Waals surface area contributed by atoms with Gasteiger partial charge in [-0.1, -0.05) is 30.3 Å². The van der Waals surface area contributed by atoms with Gasteiger partial charge >= 0.3 is 0 Å². The molecule has 0 spiro atoms. The Morgan fingerprint density at radius 2 is 1.40 bits per heavy atom. The van der Waals surface area contributed by atoms with Crippen molar-refractivity contribution < 1.29 is 24.2 Å². The van der Waals surface area contributed by atoms with E-state index in [0.29, 0.717) is 43.7 Å². The third-order valence-electron chi connectivity index (χ3n) is 8.31. The molecule has 8 nitrogen and oxygen atoms in total. The van der Waals surface area contributed by atoms with Crippen LogP contribution in [0.4, 0.5) is 0 Å². The molecule has 2 aromatic carbocycles. The van der Waals surface area contributed by atoms with E-state index >= 15 is 0 Å². The lowest BCUT2D eigenvalue weighted by molar-refractivity contribution is -0.162. The molecule has 12 heteroatoms. The molecule has 0 bridgehead atoms. The first-order valence-electron chi connectivity index (χ1n) is 13.6. The number of aliphatic hydroxyl groups is 1. The van der Waals surface area contributed by atoms with Gasteiger partial charge in [0.25, 0.3) is 11.8 Å². The van der Waals surface area contributed by atoms with Crippen LogP contribution in [0.5, 0.6) is 0 Å². The number of benzene rings is 2. The summed E-state index contributed by atoms with van der Waals surface area (Å²) in [5.41, 5.74) is -0.0630. The molecule has 42 heavy (non-hydrogen) atoms. The van der Waals surface area contributed by atoms with E-state index in [1.807, 2.05) is 30.3 Å². The van der Waals surface area contributed by atoms with E-state index in [9.17, 15) is 19.5 Å². The first-order chi connectivity index (χ1) is 19.6. The van der Waals surface area contributed by atoms with Crippen molar-refractivity contribution in [1.82, 2.24) is 14.9 Å². The Balaban J connectivity index is 1.67. The molecule has 4 rings (SSSR count). The van der Waals surface area contributed by atoms with Gasteiger partial charge in [0.2, 0.25) is 5.91 Å². The van der Waals surface area contributed by atoms with Crippen LogP contribution in [0.3, 0.4) is 0 Å². The highest BCUT2D eigenvalue weighted by Crippen LogP contribution is 2.48. The van der Waals surface area contributed by atoms with Crippen molar-refractivity contribution in [1.29, 1.82) is 0 Å². The Morgan fingerprint density at radius 1 is 0.905 bits per heavy atom. The van der Waals surface area contributed by atoms with Gasteiger partial charge in [-0.05, 0) is 116 Å². The topological polar surface area (TPSA) is 90.4 Å². The number of halogens is 4. The maximum atomic E-state index is 14.1. The molecule has 3 amide bonds. The molecule has 0 radical (unpaired) electrons. The van der Waals surface area contributed by atoms with E-state index in [1.165, 1.54) is 5.01 Å². The molecule has 2 aliphatic heterocycles. The number of carbonyl (C=O) groups excluding carboxylic acids is 3. The first kappa shape index (κ1) is 33.7. The zero-order chi connectivity index (χ0) is 31.2. The number of carbonyl (C=O) groups is 3. The van der Waals surface area contributed by atoms with Crippen LogP contribution in [0.2, 0.25) is 0 Å². The lowest BCUT2D eigenvalue weighted by Crippen LogP contribution is -2.66. The largest absolute Gasteiger partial charge is 0.395 e. The number of amides is 3. The Hall–Kier alpha value is -1.15. The highest BCUT2D eigenvalue weighted by atomic mass is 79.9. The van der Waals surface area contributed by atoms with Crippen molar-refractivity contribution in [3.05, 3.63) is 64.9 Å². The van der Waals surface area contributed by atoms with Crippen molar-refractivity contribution in [2.45, 2.75) is 76.6 Å². The molecule has 0 aliphatic carbocycles. The van der Waals surface area contributed by atoms with Gasteiger partial charge in [-0.25, -0.2) is 5.01 Å². The molecule has 0 atom stereocenters. The van der Waals surface area contributed by atoms with Gasteiger partial charge in [0.15, 0.2) is 0 Å². The summed E-state index contributed by atoms with van der Waals surface area (Å²) in [6.07, 6.45) is 1.78. The lowest BCUT2D eigenvalue weighted by atomic mass is 9.69. The number of fused-ring (bicyclic) bond motifs is 1. The highest BCUT2D eigenvalue weighted by molar-refractivity contribution is 9.15. The smallest absolute Gasteiger partial charge is 0.282 e. The van der Waals surface area contributed by atoms with Crippen LogP contribution in [0.15, 0.2) is 48.2 Å². The van der Waals surface area contributed by atoms with Crippen molar-refractivity contribution in [2.75, 3.05) is 20.3 Å². The summed E-state index contributed by atoms with van der Waals surface area (Å²) in [7, 11) is 1.68. The minimum Gasteiger partial charge on any atom is -0.395 e. The Bertz CT molecular complexity index is 1330. The molecule has 1 fully saturated rings. The average molecular weight is 837 g/mol. The number of likely N-dealkylation sites (tertiary alicyclic amines) is 1. The van der Waals surface area contributed by atoms with Crippen LogP contribution < -0.4 is 0 Å². The van der Waals surface area contributed by atoms with Gasteiger partial charge in [-0.15, -0.1) is 0 Å². The van der Waals surface area contributed by atoms with Crippen LogP contribution in [-0.4, -0.2) is 74.7 Å². The van der Waals surface area contributed by atoms with E-state index in [4.69, 9.17) is 4.74 Å². The predicted molar refractivity (Wildman–Crippen MR) is 175 cm³/mol. The molecule has 1 saturated heterocycles. The Morgan fingerprint density at radius 3 is 1.86 bits per heavy atom. The average Bonchev–Trinajstić information content (AvgIpc) is 3.19. The summed E-state index contributed by atoms with van der Waals surface area (Å²) >= 11 is 13.9. The van der Waals surface area contributed by atoms with E-state index in [2.05, 4.69) is 96.3 Å². The lowest BCUT2D eigenvalue weighted by Gasteiger charge is -2.59. The molecule has 228 valence electrons. The fourth-order valence-electron chi connectivity index (χ4n) is 6.83. The molecule has 1 N–H and O–H groups in total. The van der Waals surface area contributed by atoms with Gasteiger partial charge in [0.05, 0.1) is 29.9 Å². The highest BCUT2D eigenvalue weighted by Gasteiger charge is 2.53. The first-order valence-corrected chi connectivity index (χ1v) is 16.8. The van der Waals surface area contributed by atoms with Crippen molar-refractivity contribution in [3.8, 4) is 0 Å². The quantitative estimate of drug-likeness (QED) is 0.165. The number of rotatable bonds is 9. The third kappa shape index (κ3) is 6.19. The van der Waals surface area contributed by atoms with Crippen LogP contribution in [0.1, 0.15) is 79.7 Å². The number of methoxy groups -OCH3 is 1. The fourth-order valence-corrected chi connectivity index (χ4v) is 9.28. The molecular weight excluding hydrogens is 802 g/mol. The zero-order valence-corrected chi connectivity index (χ0v) is 30.6. The minimum atomic E-state index is -0.614. The number of hydrogen-bond donors (Lipinski definition) is 1. The van der Waals surface area contributed by atoms with Crippen LogP contribution in [-0.2, 0) is 16.1 Å². The maximum absolute atomic E-state index is 14.1. The molecule has 0 saturated carbocycles. The summed E-state index contributed by atoms with van der Waals surface area (Å²) in [5.74, 6) is -1.52. The number of β-amino-alcohol motifs (C(OH)–C–C–N with tert-alkyl or cyclic N) is 1. The summed E-state index contributed by atoms with van der Waals surface area (Å²) in [6, 6.07) is 9.29. The second kappa shape index (κ2) is 12.7. The van der Waals surface area contributed by atoms with Crippen LogP contribution in [0.25, 0.3) is 0 Å². The molecule has 0 aromatic heterocycles. The molecule has 2 aliphatic rings. The molecule has 0 unspecified atom stereocenters. The van der Waals surface area contributed by atoms with Crippen molar-refractivity contribution in [3.63, 3.8) is 0 Å². The summed E-state index contributed by atoms with van der Waals surface area (Å²) in [4.78, 5) is 44.1. The van der Waals surface area contributed by atoms with E-state index in [1.54, 1.807) is 7.11 Å². The number of hydrazine groups is 1. The number of nitrogens with zero attached hydrogens (tertiary/aromatic N) is 3. The summed E-state index contributed by atoms with van der Waals surface area (Å²) in [6.45, 7) is 9.17. The number of piperidine rings is 1. The van der Waals surface area contributed by atoms with E-state index < -0.39 is 17.4 Å². The third-order valence-corrected chi connectivity index (χ3v) is 13.1. The molecule has 2 heterocycles. The maximum Gasteiger partial charge on any atom is 0.282 e. The zero-order valence-electron chi connectivity index (χ0n) is 24.3. The number of hydrogen-bond acceptors (Lipinski definition) is 6. The standard InChI is InChI=1S/C30H35Br4N3O5/c1-28(2)16-30(42-5,17-29(3,4)36(28)13-14-38)12-11-19(39)35(15-18-9-7-6-8-10-18)37-26(40)20-21(27(37)41)23(32)25(34)24(33)22(20)31/h6-10,38H,11-17H2,1-5H3. The SMILES string of the molecule is COC1(CCC(=O)N(Cc2ccccc2)N2C(=O)c3c(Br)c(Br)c(Br)c(Br)c3C2=O)CC(C)(C)N(CCO)C(C)(C)C1. The van der Waals surface area contributed by atoms with Crippen molar-refractivity contribution >= 4 is 81.4 Å². The predicted octanol–water partition coefficient (Wildman–Crippen LogP) is 7.09. The van der Waals surface area contributed by atoms with Crippen LogP contribution >= 0.6 is 63.7 Å². The number of ether oxygens (including phenoxy) is 1. The molecule has 2 aromatic rings. The minimum absolute atomic E-state index is 0.0456. The number of imide groups is 1. The Kier molecular flexibility index (Phi) is 10.2. The summed E-state index contributed by atoms with van der Waals surface area (Å²) < 4.78 is 8.19. The fraction of sp³-hybridized carbons (Fsp3) is 0.500. The summed E-state index contributed by atoms with van der Waals surface area (Å²) in [5, 5.41) is 11.9. The Labute approximate surface area is 280 Å². The second-order valence-electron chi connectivity index (χ2n) is 12.1. The van der Waals surface area contributed by atoms with Gasteiger partial charge in [-0.3, -0.25) is 19.3 Å². The van der Waals surface area contributed by atoms with Gasteiger partial charge in [0.1, 0.15) is 0 Å². The molecular formula is C30H35Br4N3O5. The van der Waals surface area contributed by atoms with Gasteiger partial charge < -0.3 is 9.84 Å². The van der Waals surface area contributed by atoms with E-state index in [-0.39, 0.29) is 47.7 Å². The number of aliphatic hydroxyl groups excluding tert-OH is 1. The van der Waals surface area contributed by atoms with Gasteiger partial charge in [0, 0.05) is 49.0 Å². The second-order valence-corrected chi connectivity index (χ2v) is 15.3. The van der Waals surface area contributed by atoms with Gasteiger partial charge in [-0.2, -0.15) is 5.01 Å². The van der Waals surface area contributed by atoms with E-state index in [0.717, 1.165) is 10.6 Å². The monoisotopic (exact) mass is 833 g/mol. The van der Waals surface area contributed by atoms with Crippen LogP contribution in [0, 0.1) is 0 Å².